The van der Waals surface area contributed by atoms with Gasteiger partial charge in [0, 0.05) is 29.8 Å². The van der Waals surface area contributed by atoms with E-state index in [1.54, 1.807) is 0 Å². The van der Waals surface area contributed by atoms with Gasteiger partial charge in [-0.15, -0.1) is 0 Å². The van der Waals surface area contributed by atoms with Crippen LogP contribution in [0, 0.1) is 11.8 Å². The average molecular weight is 829 g/mol. The molecule has 0 bridgehead atoms. The van der Waals surface area contributed by atoms with Gasteiger partial charge >= 0.3 is 12.2 Å². The minimum atomic E-state index is -0.692. The smallest absolute Gasteiger partial charge is 0.407 e. The molecule has 8 rings (SSSR count). The minimum absolute atomic E-state index is 0.0393. The summed E-state index contributed by atoms with van der Waals surface area (Å²) in [6.07, 6.45) is 4.86. The maximum absolute atomic E-state index is 13.7. The van der Waals surface area contributed by atoms with Crippen LogP contribution in [0.4, 0.5) is 9.59 Å². The second kappa shape index (κ2) is 17.4. The van der Waals surface area contributed by atoms with Crippen LogP contribution in [0.3, 0.4) is 0 Å². The summed E-state index contributed by atoms with van der Waals surface area (Å²) in [5, 5.41) is 8.59. The highest BCUT2D eigenvalue weighted by molar-refractivity contribution is 5.87. The molecule has 3 aromatic carbocycles. The lowest BCUT2D eigenvalue weighted by atomic mass is 9.89. The van der Waals surface area contributed by atoms with Crippen LogP contribution in [-0.2, 0) is 31.9 Å². The highest BCUT2D eigenvalue weighted by Crippen LogP contribution is 2.39. The summed E-state index contributed by atoms with van der Waals surface area (Å²) in [6, 6.07) is 19.9. The van der Waals surface area contributed by atoms with Crippen LogP contribution < -0.4 is 16.0 Å². The summed E-state index contributed by atoms with van der Waals surface area (Å²) < 4.78 is 9.54. The number of methoxy groups -OCH3 is 2. The molecule has 14 heteroatoms. The number of nitrogens with one attached hydrogen (secondary N) is 5. The molecule has 5 aromatic rings. The van der Waals surface area contributed by atoms with E-state index in [0.29, 0.717) is 6.54 Å². The largest absolute Gasteiger partial charge is 0.453 e. The Labute approximate surface area is 356 Å². The Morgan fingerprint density at radius 3 is 2.07 bits per heavy atom. The van der Waals surface area contributed by atoms with E-state index in [2.05, 4.69) is 80.5 Å². The second-order valence-corrected chi connectivity index (χ2v) is 17.3. The molecule has 5 atom stereocenters. The Bertz CT molecular complexity index is 2440. The Balaban J connectivity index is 0.953. The third-order valence-corrected chi connectivity index (χ3v) is 12.7. The van der Waals surface area contributed by atoms with Gasteiger partial charge < -0.3 is 40.3 Å². The molecule has 5 N–H and O–H groups in total. The van der Waals surface area contributed by atoms with Crippen molar-refractivity contribution in [2.45, 2.75) is 103 Å². The molecule has 3 aliphatic rings. The number of nitrogens with zero attached hydrogens (tertiary/aromatic N) is 3. The molecule has 1 aliphatic heterocycles. The summed E-state index contributed by atoms with van der Waals surface area (Å²) in [7, 11) is 2.59. The van der Waals surface area contributed by atoms with Gasteiger partial charge in [0.05, 0.1) is 37.0 Å². The molecule has 14 nitrogen and oxygen atoms in total. The van der Waals surface area contributed by atoms with Crippen molar-refractivity contribution in [3.63, 3.8) is 0 Å². The summed E-state index contributed by atoms with van der Waals surface area (Å²) in [5.41, 5.74) is 10.7. The van der Waals surface area contributed by atoms with Crippen LogP contribution in [0.2, 0.25) is 0 Å². The van der Waals surface area contributed by atoms with E-state index in [1.807, 2.05) is 38.7 Å². The zero-order valence-electron chi connectivity index (χ0n) is 35.8. The van der Waals surface area contributed by atoms with Gasteiger partial charge in [-0.2, -0.15) is 0 Å². The van der Waals surface area contributed by atoms with Gasteiger partial charge in [0.15, 0.2) is 0 Å². The molecular formula is C47H56N8O6. The molecule has 320 valence electrons. The van der Waals surface area contributed by atoms with Gasteiger partial charge in [0.25, 0.3) is 0 Å². The fourth-order valence-electron chi connectivity index (χ4n) is 9.35. The number of imidazole rings is 2. The normalized spacial score (nSPS) is 19.3. The monoisotopic (exact) mass is 828 g/mol. The standard InChI is InChI=1S/C47H56N8O6/c1-25(2)39(53-46(58)60-5)44(56)51-34-10-7-9-33(34)42-48-35-20-17-30(24-37(35)50-42)28-14-12-27(13-15-28)29-16-19-32-31(23-29)18-21-36-41(32)52-43(49-36)38-11-8-22-55(38)45(57)40(26(3)4)54-47(59)61-6/h12-17,19-20,23-26,33-34,38-40H,7-11,18,21-22H2,1-6H3,(H,48,50)(H,49,52)(H,51,56)(H,53,58)(H,54,59)/t33-,34+,38+,39+,40+/m1/s1. The number of H-pyrrole nitrogens is 2. The van der Waals surface area contributed by atoms with Crippen molar-refractivity contribution in [2.75, 3.05) is 20.8 Å². The van der Waals surface area contributed by atoms with Crippen LogP contribution in [-0.4, -0.2) is 87.7 Å². The van der Waals surface area contributed by atoms with E-state index in [4.69, 9.17) is 19.4 Å². The molecule has 1 saturated carbocycles. The first kappa shape index (κ1) is 41.5. The molecule has 0 spiro atoms. The van der Waals surface area contributed by atoms with Crippen molar-refractivity contribution in [1.29, 1.82) is 0 Å². The molecule has 2 aliphatic carbocycles. The number of hydrogen-bond acceptors (Lipinski definition) is 8. The first-order valence-corrected chi connectivity index (χ1v) is 21.5. The van der Waals surface area contributed by atoms with Crippen LogP contribution in [0.25, 0.3) is 44.5 Å². The van der Waals surface area contributed by atoms with E-state index >= 15 is 0 Å². The topological polar surface area (TPSA) is 183 Å². The minimum Gasteiger partial charge on any atom is -0.453 e. The maximum atomic E-state index is 13.7. The number of aryl methyl sites for hydroxylation is 2. The number of benzene rings is 3. The lowest BCUT2D eigenvalue weighted by Gasteiger charge is -2.30. The molecule has 4 amide bonds. The first-order valence-electron chi connectivity index (χ1n) is 21.5. The van der Waals surface area contributed by atoms with Crippen molar-refractivity contribution in [2.24, 2.45) is 11.8 Å². The zero-order chi connectivity index (χ0) is 42.9. The number of aromatic amines is 2. The third-order valence-electron chi connectivity index (χ3n) is 12.7. The molecule has 61 heavy (non-hydrogen) atoms. The summed E-state index contributed by atoms with van der Waals surface area (Å²) in [4.78, 5) is 70.0. The average Bonchev–Trinajstić information content (AvgIpc) is 4.09. The van der Waals surface area contributed by atoms with E-state index < -0.39 is 24.3 Å². The van der Waals surface area contributed by atoms with Crippen molar-refractivity contribution in [1.82, 2.24) is 40.8 Å². The van der Waals surface area contributed by atoms with Crippen molar-refractivity contribution >= 4 is 35.0 Å². The van der Waals surface area contributed by atoms with Crippen molar-refractivity contribution in [3.8, 4) is 33.5 Å². The number of hydrogen-bond donors (Lipinski definition) is 5. The summed E-state index contributed by atoms with van der Waals surface area (Å²) in [6.45, 7) is 8.24. The molecule has 2 fully saturated rings. The van der Waals surface area contributed by atoms with Gasteiger partial charge in [0.2, 0.25) is 11.8 Å². The molecule has 2 aromatic heterocycles. The predicted molar refractivity (Wildman–Crippen MR) is 232 cm³/mol. The van der Waals surface area contributed by atoms with Crippen LogP contribution in [0.1, 0.15) is 94.7 Å². The SMILES string of the molecule is COC(=O)N[C@H](C(=O)N[C@H]1CCC[C@H]1c1nc2ccc(-c3ccc(-c4ccc5c(c4)CCc4[nH]c([C@@H]6CCCN6C(=O)[C@@H](NC(=O)OC)C(C)C)nc4-5)cc3)cc2[nH]1)C(C)C. The fraction of sp³-hybridized carbons (Fsp3) is 0.447. The van der Waals surface area contributed by atoms with Gasteiger partial charge in [-0.05, 0) is 90.3 Å². The van der Waals surface area contributed by atoms with E-state index in [1.165, 1.54) is 19.8 Å². The second-order valence-electron chi connectivity index (χ2n) is 17.3. The molecule has 0 radical (unpaired) electrons. The van der Waals surface area contributed by atoms with E-state index in [0.717, 1.165) is 107 Å². The number of alkyl carbamates (subject to hydrolysis) is 2. The van der Waals surface area contributed by atoms with Crippen LogP contribution >= 0.6 is 0 Å². The number of ether oxygens (including phenoxy) is 2. The molecule has 0 unspecified atom stereocenters. The van der Waals surface area contributed by atoms with E-state index in [-0.39, 0.29) is 41.7 Å². The van der Waals surface area contributed by atoms with E-state index in [9.17, 15) is 19.2 Å². The first-order chi connectivity index (χ1) is 29.4. The third kappa shape index (κ3) is 8.44. The quantitative estimate of drug-likeness (QED) is 0.0904. The van der Waals surface area contributed by atoms with Gasteiger partial charge in [-0.3, -0.25) is 9.59 Å². The number of rotatable bonds is 11. The number of likely N-dealkylation sites (tertiary alicyclic amines) is 1. The fourth-order valence-corrected chi connectivity index (χ4v) is 9.35. The molecular weight excluding hydrogens is 773 g/mol. The Morgan fingerprint density at radius 1 is 0.721 bits per heavy atom. The summed E-state index contributed by atoms with van der Waals surface area (Å²) in [5.74, 6) is 1.16. The highest BCUT2D eigenvalue weighted by atomic mass is 16.5. The zero-order valence-corrected chi connectivity index (χ0v) is 35.8. The Kier molecular flexibility index (Phi) is 11.9. The van der Waals surface area contributed by atoms with Gasteiger partial charge in [-0.25, -0.2) is 19.6 Å². The number of fused-ring (bicyclic) bond motifs is 4. The Hall–Kier alpha value is -6.18. The number of aromatic nitrogens is 4. The van der Waals surface area contributed by atoms with Gasteiger partial charge in [0.1, 0.15) is 23.7 Å². The number of carbonyl (C=O) groups is 4. The number of amides is 4. The maximum Gasteiger partial charge on any atom is 0.407 e. The van der Waals surface area contributed by atoms with Crippen LogP contribution in [0.5, 0.6) is 0 Å². The van der Waals surface area contributed by atoms with Crippen molar-refractivity contribution < 1.29 is 28.7 Å². The number of carbonyl (C=O) groups excluding carboxylic acids is 4. The van der Waals surface area contributed by atoms with Crippen molar-refractivity contribution in [3.05, 3.63) is 83.6 Å². The predicted octanol–water partition coefficient (Wildman–Crippen LogP) is 7.56. The lowest BCUT2D eigenvalue weighted by Crippen LogP contribution is -2.52. The summed E-state index contributed by atoms with van der Waals surface area (Å²) >= 11 is 0. The van der Waals surface area contributed by atoms with Gasteiger partial charge in [-0.1, -0.05) is 82.6 Å². The van der Waals surface area contributed by atoms with Crippen LogP contribution in [0.15, 0.2) is 60.7 Å². The molecule has 3 heterocycles. The highest BCUT2D eigenvalue weighted by Gasteiger charge is 2.39. The lowest BCUT2D eigenvalue weighted by molar-refractivity contribution is -0.135. The molecule has 1 saturated heterocycles. The Morgan fingerprint density at radius 2 is 1.38 bits per heavy atom.